The van der Waals surface area contributed by atoms with Crippen LogP contribution in [0.5, 0.6) is 0 Å². The minimum absolute atomic E-state index is 0.818. The van der Waals surface area contributed by atoms with Gasteiger partial charge in [-0.3, -0.25) is 0 Å². The highest BCUT2D eigenvalue weighted by Gasteiger charge is 2.33. The van der Waals surface area contributed by atoms with Crippen LogP contribution in [0.15, 0.2) is 279 Å². The van der Waals surface area contributed by atoms with Crippen LogP contribution in [0.1, 0.15) is 0 Å². The monoisotopic (exact) mass is 984 g/mol. The summed E-state index contributed by atoms with van der Waals surface area (Å²) < 4.78 is 36.3. The van der Waals surface area contributed by atoms with Crippen LogP contribution < -0.4 is 31.8 Å². The number of rotatable bonds is 9. The lowest BCUT2D eigenvalue weighted by Gasteiger charge is -2.23. The van der Waals surface area contributed by atoms with Gasteiger partial charge in [0.15, 0.2) is 14.3 Å². The zero-order chi connectivity index (χ0) is 49.4. The van der Waals surface area contributed by atoms with Gasteiger partial charge in [-0.25, -0.2) is 9.35 Å². The van der Waals surface area contributed by atoms with Crippen LogP contribution in [-0.2, 0) is 9.13 Å². The van der Waals surface area contributed by atoms with Gasteiger partial charge in [0, 0.05) is 53.4 Å². The molecule has 6 heteroatoms. The maximum Gasteiger partial charge on any atom is 0.171 e. The molecule has 0 saturated carbocycles. The van der Waals surface area contributed by atoms with Crippen LogP contribution in [0.3, 0.4) is 0 Å². The first-order valence-electron chi connectivity index (χ1n) is 25.1. The third-order valence-electron chi connectivity index (χ3n) is 15.1. The average Bonchev–Trinajstić information content (AvgIpc) is 4.03. The predicted molar refractivity (Wildman–Crippen MR) is 314 cm³/mol. The molecule has 350 valence electrons. The maximum atomic E-state index is 15.8. The van der Waals surface area contributed by atoms with Crippen molar-refractivity contribution >= 4 is 111 Å². The van der Waals surface area contributed by atoms with Crippen LogP contribution in [-0.4, -0.2) is 9.35 Å². The molecule has 0 fully saturated rings. The van der Waals surface area contributed by atoms with Crippen molar-refractivity contribution < 1.29 is 9.13 Å². The molecular weight excluding hydrogens is 939 g/mol. The minimum Gasteiger partial charge on any atom is -0.309 e. The molecule has 4 nitrogen and oxygen atoms in total. The standard InChI is InChI=1S/C68H46N2O2P2/c71-73(49-21-5-1-6-22-49,50-23-7-2-8-24-50)67-43-39-53(55-29-13-15-33-59(55)67)47-37-41-65-61(45-47)57-31-17-19-35-63(57)69(65)70-64-36-20-18-32-58(64)62-46-48(38-42-66(62)70)54-40-44-68(60-34-16-14-30-56(54)60)74(72,51-25-9-3-10-26-51)52-27-11-4-12-28-52/h1-46H. The Bertz CT molecular complexity index is 4220. The van der Waals surface area contributed by atoms with E-state index in [2.05, 4.69) is 167 Å². The van der Waals surface area contributed by atoms with E-state index < -0.39 is 14.3 Å². The van der Waals surface area contributed by atoms with E-state index >= 15 is 9.13 Å². The summed E-state index contributed by atoms with van der Waals surface area (Å²) in [6, 6.07) is 96.1. The minimum atomic E-state index is -3.25. The van der Waals surface area contributed by atoms with E-state index in [1.807, 2.05) is 121 Å². The molecule has 0 spiro atoms. The topological polar surface area (TPSA) is 44.0 Å². The van der Waals surface area contributed by atoms with Gasteiger partial charge in [-0.05, 0) is 92.3 Å². The summed E-state index contributed by atoms with van der Waals surface area (Å²) >= 11 is 0. The summed E-state index contributed by atoms with van der Waals surface area (Å²) in [4.78, 5) is 0. The Balaban J connectivity index is 0.927. The summed E-state index contributed by atoms with van der Waals surface area (Å²) in [5.41, 5.74) is 8.72. The van der Waals surface area contributed by atoms with E-state index in [1.54, 1.807) is 0 Å². The number of para-hydroxylation sites is 2. The molecule has 0 atom stereocenters. The van der Waals surface area contributed by atoms with Crippen LogP contribution in [0.2, 0.25) is 0 Å². The zero-order valence-corrected chi connectivity index (χ0v) is 42.0. The lowest BCUT2D eigenvalue weighted by Crippen LogP contribution is -2.25. The fraction of sp³-hybridized carbons (Fsp3) is 0. The Hall–Kier alpha value is -8.78. The van der Waals surface area contributed by atoms with Gasteiger partial charge in [0.05, 0.1) is 22.1 Å². The first-order chi connectivity index (χ1) is 36.5. The quantitative estimate of drug-likeness (QED) is 0.135. The lowest BCUT2D eigenvalue weighted by molar-refractivity contribution is 0.592. The number of hydrogen-bond donors (Lipinski definition) is 0. The van der Waals surface area contributed by atoms with E-state index in [0.717, 1.165) is 119 Å². The second kappa shape index (κ2) is 17.5. The van der Waals surface area contributed by atoms with Gasteiger partial charge >= 0.3 is 0 Å². The zero-order valence-electron chi connectivity index (χ0n) is 40.2. The molecule has 0 aliphatic rings. The summed E-state index contributed by atoms with van der Waals surface area (Å²) in [5.74, 6) is 0. The predicted octanol–water partition coefficient (Wildman–Crippen LogP) is 15.1. The van der Waals surface area contributed by atoms with E-state index in [4.69, 9.17) is 0 Å². The van der Waals surface area contributed by atoms with Crippen LogP contribution in [0.4, 0.5) is 0 Å². The Morgan fingerprint density at radius 2 is 0.514 bits per heavy atom. The number of hydrogen-bond acceptors (Lipinski definition) is 2. The normalized spacial score (nSPS) is 12.2. The highest BCUT2D eigenvalue weighted by atomic mass is 31.2. The smallest absolute Gasteiger partial charge is 0.171 e. The molecule has 0 radical (unpaired) electrons. The van der Waals surface area contributed by atoms with Crippen molar-refractivity contribution in [3.63, 3.8) is 0 Å². The van der Waals surface area contributed by atoms with Crippen LogP contribution >= 0.6 is 14.3 Å². The SMILES string of the molecule is O=P(c1ccccc1)(c1ccccc1)c1ccc(-c2ccc3c(c2)c2ccccc2n3-n2c3ccccc3c3cc(-c4ccc(P(=O)(c5ccccc5)c5ccccc5)c5ccccc45)ccc32)c2ccccc12. The molecule has 0 N–H and O–H groups in total. The molecule has 0 saturated heterocycles. The second-order valence-corrected chi connectivity index (χ2v) is 24.5. The summed E-state index contributed by atoms with van der Waals surface area (Å²) in [6.45, 7) is 0. The number of nitrogens with zero attached hydrogens (tertiary/aromatic N) is 2. The highest BCUT2D eigenvalue weighted by Crippen LogP contribution is 2.48. The van der Waals surface area contributed by atoms with Gasteiger partial charge < -0.3 is 9.13 Å². The summed E-state index contributed by atoms with van der Waals surface area (Å²) in [6.07, 6.45) is 0. The van der Waals surface area contributed by atoms with Gasteiger partial charge in [0.25, 0.3) is 0 Å². The van der Waals surface area contributed by atoms with Crippen molar-refractivity contribution in [3.8, 4) is 22.3 Å². The molecule has 2 aromatic heterocycles. The first kappa shape index (κ1) is 44.0. The number of aromatic nitrogens is 2. The van der Waals surface area contributed by atoms with Gasteiger partial charge in [-0.15, -0.1) is 0 Å². The fourth-order valence-corrected chi connectivity index (χ4v) is 17.4. The molecule has 14 rings (SSSR count). The molecule has 2 heterocycles. The molecule has 0 aliphatic carbocycles. The Kier molecular flexibility index (Phi) is 10.4. The molecule has 74 heavy (non-hydrogen) atoms. The average molecular weight is 985 g/mol. The Morgan fingerprint density at radius 3 is 0.865 bits per heavy atom. The summed E-state index contributed by atoms with van der Waals surface area (Å²) in [5, 5.41) is 13.6. The van der Waals surface area contributed by atoms with Crippen molar-refractivity contribution in [2.75, 3.05) is 0 Å². The van der Waals surface area contributed by atoms with Crippen molar-refractivity contribution in [2.24, 2.45) is 0 Å². The molecule has 0 amide bonds. The molecule has 14 aromatic rings. The largest absolute Gasteiger partial charge is 0.309 e. The highest BCUT2D eigenvalue weighted by molar-refractivity contribution is 7.86. The Morgan fingerprint density at radius 1 is 0.230 bits per heavy atom. The van der Waals surface area contributed by atoms with Crippen LogP contribution in [0, 0.1) is 0 Å². The fourth-order valence-electron chi connectivity index (χ4n) is 11.7. The molecular formula is C68H46N2O2P2. The van der Waals surface area contributed by atoms with Gasteiger partial charge in [0.2, 0.25) is 0 Å². The third kappa shape index (κ3) is 6.69. The van der Waals surface area contributed by atoms with Gasteiger partial charge in [-0.1, -0.05) is 231 Å². The second-order valence-electron chi connectivity index (χ2n) is 19.0. The van der Waals surface area contributed by atoms with Crippen molar-refractivity contribution in [1.29, 1.82) is 0 Å². The van der Waals surface area contributed by atoms with E-state index in [1.165, 1.54) is 0 Å². The Labute approximate surface area is 428 Å². The van der Waals surface area contributed by atoms with Gasteiger partial charge in [-0.2, -0.15) is 0 Å². The summed E-state index contributed by atoms with van der Waals surface area (Å²) in [7, 11) is -6.50. The van der Waals surface area contributed by atoms with Crippen molar-refractivity contribution in [2.45, 2.75) is 0 Å². The maximum absolute atomic E-state index is 15.8. The lowest BCUT2D eigenvalue weighted by atomic mass is 9.97. The van der Waals surface area contributed by atoms with Crippen molar-refractivity contribution in [3.05, 3.63) is 279 Å². The van der Waals surface area contributed by atoms with E-state index in [-0.39, 0.29) is 0 Å². The first-order valence-corrected chi connectivity index (χ1v) is 28.5. The number of fused-ring (bicyclic) bond motifs is 8. The third-order valence-corrected chi connectivity index (χ3v) is 21.3. The molecule has 0 aliphatic heterocycles. The van der Waals surface area contributed by atoms with Crippen LogP contribution in [0.25, 0.3) is 87.4 Å². The molecule has 0 bridgehead atoms. The van der Waals surface area contributed by atoms with Gasteiger partial charge in [0.1, 0.15) is 0 Å². The van der Waals surface area contributed by atoms with Crippen molar-refractivity contribution in [1.82, 2.24) is 9.35 Å². The van der Waals surface area contributed by atoms with E-state index in [0.29, 0.717) is 0 Å². The number of benzene rings is 12. The molecule has 0 unspecified atom stereocenters. The van der Waals surface area contributed by atoms with E-state index in [9.17, 15) is 0 Å². The molecule has 12 aromatic carbocycles.